The number of nitrogens with one attached hydrogen (secondary N) is 1. The van der Waals surface area contributed by atoms with E-state index >= 15 is 0 Å². The molecule has 0 aliphatic carbocycles. The van der Waals surface area contributed by atoms with Crippen LogP contribution in [0, 0.1) is 0 Å². The summed E-state index contributed by atoms with van der Waals surface area (Å²) < 4.78 is 10.8. The van der Waals surface area contributed by atoms with Gasteiger partial charge in [0.25, 0.3) is 0 Å². The van der Waals surface area contributed by atoms with E-state index in [2.05, 4.69) is 16.4 Å². The maximum absolute atomic E-state index is 12.2. The number of piperidine rings is 1. The molecule has 3 rings (SSSR count). The van der Waals surface area contributed by atoms with E-state index in [0.29, 0.717) is 19.1 Å². The van der Waals surface area contributed by atoms with Crippen LogP contribution in [0.2, 0.25) is 0 Å². The molecule has 0 bridgehead atoms. The maximum Gasteiger partial charge on any atom is 0.410 e. The third-order valence-corrected chi connectivity index (χ3v) is 4.44. The van der Waals surface area contributed by atoms with Crippen LogP contribution in [0.15, 0.2) is 30.5 Å². The third kappa shape index (κ3) is 4.36. The molecule has 0 saturated carbocycles. The molecule has 140 valence electrons. The number of amides is 1. The van der Waals surface area contributed by atoms with Gasteiger partial charge in [0.05, 0.1) is 18.8 Å². The number of aromatic nitrogens is 1. The zero-order chi connectivity index (χ0) is 18.7. The van der Waals surface area contributed by atoms with E-state index in [9.17, 15) is 4.79 Å². The van der Waals surface area contributed by atoms with Crippen molar-refractivity contribution in [2.45, 2.75) is 45.3 Å². The molecule has 0 radical (unpaired) electrons. The molecule has 6 heteroatoms. The molecule has 1 aliphatic rings. The molecule has 1 aromatic heterocycles. The quantitative estimate of drug-likeness (QED) is 0.898. The molecule has 1 saturated heterocycles. The van der Waals surface area contributed by atoms with Crippen LogP contribution in [0.5, 0.6) is 5.75 Å². The minimum Gasteiger partial charge on any atom is -0.495 e. The second-order valence-corrected chi connectivity index (χ2v) is 7.63. The van der Waals surface area contributed by atoms with Gasteiger partial charge in [-0.1, -0.05) is 6.07 Å². The SMILES string of the molecule is COc1cnc2cccc(NC3CCN(C(=O)OC(C)(C)C)CC3)c2c1. The predicted molar refractivity (Wildman–Crippen MR) is 103 cm³/mol. The fourth-order valence-corrected chi connectivity index (χ4v) is 3.12. The van der Waals surface area contributed by atoms with Crippen LogP contribution in [0.1, 0.15) is 33.6 Å². The molecule has 1 N–H and O–H groups in total. The summed E-state index contributed by atoms with van der Waals surface area (Å²) in [6.07, 6.45) is 3.26. The fourth-order valence-electron chi connectivity index (χ4n) is 3.12. The van der Waals surface area contributed by atoms with Gasteiger partial charge in [-0.25, -0.2) is 4.79 Å². The Balaban J connectivity index is 1.65. The second kappa shape index (κ2) is 7.40. The highest BCUT2D eigenvalue weighted by molar-refractivity contribution is 5.92. The van der Waals surface area contributed by atoms with Crippen LogP contribution in [0.3, 0.4) is 0 Å². The normalized spacial score (nSPS) is 15.8. The molecule has 2 aromatic rings. The van der Waals surface area contributed by atoms with Gasteiger partial charge < -0.3 is 19.7 Å². The summed E-state index contributed by atoms with van der Waals surface area (Å²) in [6, 6.07) is 8.36. The fraction of sp³-hybridized carbons (Fsp3) is 0.500. The molecule has 1 aliphatic heterocycles. The zero-order valence-electron chi connectivity index (χ0n) is 15.9. The number of carbonyl (C=O) groups excluding carboxylic acids is 1. The number of methoxy groups -OCH3 is 1. The lowest BCUT2D eigenvalue weighted by Crippen LogP contribution is -2.44. The van der Waals surface area contributed by atoms with Crippen LogP contribution in [0.25, 0.3) is 10.9 Å². The Morgan fingerprint density at radius 3 is 2.65 bits per heavy atom. The number of anilines is 1. The molecule has 6 nitrogen and oxygen atoms in total. The maximum atomic E-state index is 12.2. The van der Waals surface area contributed by atoms with Crippen LogP contribution < -0.4 is 10.1 Å². The van der Waals surface area contributed by atoms with Gasteiger partial charge in [0.1, 0.15) is 11.4 Å². The van der Waals surface area contributed by atoms with Crippen molar-refractivity contribution in [3.8, 4) is 5.75 Å². The number of likely N-dealkylation sites (tertiary alicyclic amines) is 1. The molecule has 26 heavy (non-hydrogen) atoms. The molecule has 0 unspecified atom stereocenters. The van der Waals surface area contributed by atoms with Gasteiger partial charge in [-0.2, -0.15) is 0 Å². The van der Waals surface area contributed by atoms with Gasteiger partial charge in [0.15, 0.2) is 0 Å². The summed E-state index contributed by atoms with van der Waals surface area (Å²) in [4.78, 5) is 18.4. The van der Waals surface area contributed by atoms with Crippen LogP contribution in [0.4, 0.5) is 10.5 Å². The smallest absolute Gasteiger partial charge is 0.410 e. The first-order valence-corrected chi connectivity index (χ1v) is 9.03. The van der Waals surface area contributed by atoms with E-state index in [1.807, 2.05) is 39.0 Å². The molecule has 1 fully saturated rings. The number of pyridine rings is 1. The van der Waals surface area contributed by atoms with Crippen molar-refractivity contribution in [1.29, 1.82) is 0 Å². The highest BCUT2D eigenvalue weighted by atomic mass is 16.6. The van der Waals surface area contributed by atoms with Crippen molar-refractivity contribution < 1.29 is 14.3 Å². The first-order chi connectivity index (χ1) is 12.4. The number of carbonyl (C=O) groups is 1. The van der Waals surface area contributed by atoms with Crippen molar-refractivity contribution in [2.24, 2.45) is 0 Å². The number of fused-ring (bicyclic) bond motifs is 1. The van der Waals surface area contributed by atoms with Crippen molar-refractivity contribution in [1.82, 2.24) is 9.88 Å². The molecular formula is C20H27N3O3. The summed E-state index contributed by atoms with van der Waals surface area (Å²) >= 11 is 0. The molecule has 0 spiro atoms. The summed E-state index contributed by atoms with van der Waals surface area (Å²) in [6.45, 7) is 7.06. The Kier molecular flexibility index (Phi) is 5.20. The Hall–Kier alpha value is -2.50. The minimum atomic E-state index is -0.457. The van der Waals surface area contributed by atoms with Crippen molar-refractivity contribution >= 4 is 22.7 Å². The number of rotatable bonds is 3. The lowest BCUT2D eigenvalue weighted by atomic mass is 10.0. The topological polar surface area (TPSA) is 63.7 Å². The monoisotopic (exact) mass is 357 g/mol. The van der Waals surface area contributed by atoms with Gasteiger partial charge in [0.2, 0.25) is 0 Å². The predicted octanol–water partition coefficient (Wildman–Crippen LogP) is 4.05. The van der Waals surface area contributed by atoms with Crippen molar-refractivity contribution in [2.75, 3.05) is 25.5 Å². The summed E-state index contributed by atoms with van der Waals surface area (Å²) in [5.41, 5.74) is 1.52. The average molecular weight is 357 g/mol. The van der Waals surface area contributed by atoms with E-state index < -0.39 is 5.60 Å². The molecule has 1 amide bonds. The second-order valence-electron chi connectivity index (χ2n) is 7.63. The van der Waals surface area contributed by atoms with E-state index in [4.69, 9.17) is 9.47 Å². The number of benzene rings is 1. The standard InChI is InChI=1S/C20H27N3O3/c1-20(2,3)26-19(24)23-10-8-14(9-11-23)22-18-7-5-6-17-16(18)12-15(25-4)13-21-17/h5-7,12-14,22H,8-11H2,1-4H3. The van der Waals surface area contributed by atoms with Gasteiger partial charge in [-0.05, 0) is 51.8 Å². The van der Waals surface area contributed by atoms with Gasteiger partial charge in [-0.3, -0.25) is 4.98 Å². The average Bonchev–Trinajstić information content (AvgIpc) is 2.61. The lowest BCUT2D eigenvalue weighted by Gasteiger charge is -2.34. The lowest BCUT2D eigenvalue weighted by molar-refractivity contribution is 0.0210. The first kappa shape index (κ1) is 18.3. The minimum absolute atomic E-state index is 0.227. The Morgan fingerprint density at radius 2 is 2.00 bits per heavy atom. The highest BCUT2D eigenvalue weighted by Crippen LogP contribution is 2.27. The molecular weight excluding hydrogens is 330 g/mol. The third-order valence-electron chi connectivity index (χ3n) is 4.44. The summed E-state index contributed by atoms with van der Waals surface area (Å²) in [5, 5.41) is 4.65. The van der Waals surface area contributed by atoms with Crippen molar-refractivity contribution in [3.63, 3.8) is 0 Å². The van der Waals surface area contributed by atoms with E-state index in [-0.39, 0.29) is 6.09 Å². The van der Waals surface area contributed by atoms with E-state index in [1.165, 1.54) is 0 Å². The zero-order valence-corrected chi connectivity index (χ0v) is 15.9. The first-order valence-electron chi connectivity index (χ1n) is 9.03. The van der Waals surface area contributed by atoms with E-state index in [1.54, 1.807) is 18.2 Å². The molecule has 2 heterocycles. The number of nitrogens with zero attached hydrogens (tertiary/aromatic N) is 2. The molecule has 0 atom stereocenters. The highest BCUT2D eigenvalue weighted by Gasteiger charge is 2.27. The number of ether oxygens (including phenoxy) is 2. The number of hydrogen-bond donors (Lipinski definition) is 1. The summed E-state index contributed by atoms with van der Waals surface area (Å²) in [5.74, 6) is 0.742. The molecule has 1 aromatic carbocycles. The largest absolute Gasteiger partial charge is 0.495 e. The van der Waals surface area contributed by atoms with Crippen LogP contribution in [-0.2, 0) is 4.74 Å². The Labute approximate surface area is 154 Å². The van der Waals surface area contributed by atoms with Crippen LogP contribution in [-0.4, -0.2) is 47.8 Å². The van der Waals surface area contributed by atoms with Gasteiger partial charge in [-0.15, -0.1) is 0 Å². The van der Waals surface area contributed by atoms with Crippen LogP contribution >= 0.6 is 0 Å². The Bertz CT molecular complexity index is 777. The van der Waals surface area contributed by atoms with Crippen molar-refractivity contribution in [3.05, 3.63) is 30.5 Å². The van der Waals surface area contributed by atoms with Gasteiger partial charge >= 0.3 is 6.09 Å². The Morgan fingerprint density at radius 1 is 1.27 bits per heavy atom. The summed E-state index contributed by atoms with van der Waals surface area (Å²) in [7, 11) is 1.64. The van der Waals surface area contributed by atoms with E-state index in [0.717, 1.165) is 35.2 Å². The van der Waals surface area contributed by atoms with Gasteiger partial charge in [0, 0.05) is 30.2 Å². The number of hydrogen-bond acceptors (Lipinski definition) is 5.